The smallest absolute Gasteiger partial charge is 0.407 e. The van der Waals surface area contributed by atoms with Gasteiger partial charge < -0.3 is 20.2 Å². The van der Waals surface area contributed by atoms with Crippen molar-refractivity contribution in [2.45, 2.75) is 33.2 Å². The lowest BCUT2D eigenvalue weighted by Crippen LogP contribution is -2.59. The highest BCUT2D eigenvalue weighted by molar-refractivity contribution is 5.92. The maximum atomic E-state index is 13.5. The van der Waals surface area contributed by atoms with Gasteiger partial charge in [-0.3, -0.25) is 4.79 Å². The first kappa shape index (κ1) is 19.9. The molecule has 0 saturated carbocycles. The van der Waals surface area contributed by atoms with E-state index < -0.39 is 24.1 Å². The predicted molar refractivity (Wildman–Crippen MR) is 92.8 cm³/mol. The zero-order valence-corrected chi connectivity index (χ0v) is 15.3. The van der Waals surface area contributed by atoms with Gasteiger partial charge in [-0.05, 0) is 17.5 Å². The number of piperazine rings is 1. The van der Waals surface area contributed by atoms with Gasteiger partial charge in [-0.15, -0.1) is 0 Å². The first-order valence-corrected chi connectivity index (χ1v) is 8.32. The molecule has 26 heavy (non-hydrogen) atoms. The van der Waals surface area contributed by atoms with Crippen molar-refractivity contribution in [1.82, 2.24) is 15.2 Å². The number of amides is 2. The first-order chi connectivity index (χ1) is 12.1. The van der Waals surface area contributed by atoms with Gasteiger partial charge in [0.1, 0.15) is 11.4 Å². The number of nitrogens with zero attached hydrogens (tertiary/aromatic N) is 3. The van der Waals surface area contributed by atoms with E-state index in [4.69, 9.17) is 0 Å². The maximum absolute atomic E-state index is 13.5. The number of pyridine rings is 1. The van der Waals surface area contributed by atoms with Crippen molar-refractivity contribution in [3.63, 3.8) is 0 Å². The van der Waals surface area contributed by atoms with Crippen LogP contribution in [0.15, 0.2) is 12.1 Å². The van der Waals surface area contributed by atoms with Gasteiger partial charge in [0.2, 0.25) is 0 Å². The van der Waals surface area contributed by atoms with Crippen LogP contribution in [0.1, 0.15) is 43.4 Å². The number of alkyl halides is 2. The number of hydrogen-bond acceptors (Lipinski definition) is 4. The molecule has 1 saturated heterocycles. The van der Waals surface area contributed by atoms with E-state index in [1.807, 2.05) is 20.8 Å². The third-order valence-electron chi connectivity index (χ3n) is 4.54. The second-order valence-electron chi connectivity index (χ2n) is 7.28. The van der Waals surface area contributed by atoms with Crippen LogP contribution in [-0.4, -0.2) is 59.7 Å². The average molecular weight is 370 g/mol. The molecule has 9 heteroatoms. The standard InChI is InChI=1S/C17H24F2N4O3/c1-17(2,3)12-9-22(7-8-23(12)16(25)26)11-6-5-10(15(24)20-4)21-13(11)14(18)19/h5-6,12,14H,7-9H2,1-4H3,(H,20,24)(H,25,26). The fourth-order valence-corrected chi connectivity index (χ4v) is 3.12. The summed E-state index contributed by atoms with van der Waals surface area (Å²) in [6.07, 6.45) is -3.87. The number of rotatable bonds is 3. The molecule has 0 aromatic carbocycles. The van der Waals surface area contributed by atoms with Crippen molar-refractivity contribution in [1.29, 1.82) is 0 Å². The first-order valence-electron chi connectivity index (χ1n) is 8.32. The zero-order valence-electron chi connectivity index (χ0n) is 15.3. The average Bonchev–Trinajstić information content (AvgIpc) is 2.59. The molecular weight excluding hydrogens is 346 g/mol. The van der Waals surface area contributed by atoms with Crippen molar-refractivity contribution in [2.24, 2.45) is 5.41 Å². The second kappa shape index (κ2) is 7.43. The van der Waals surface area contributed by atoms with Crippen LogP contribution in [0.2, 0.25) is 0 Å². The highest BCUT2D eigenvalue weighted by atomic mass is 19.3. The number of aromatic nitrogens is 1. The molecule has 2 heterocycles. The summed E-state index contributed by atoms with van der Waals surface area (Å²) < 4.78 is 27.1. The summed E-state index contributed by atoms with van der Waals surface area (Å²) in [5, 5.41) is 11.8. The Labute approximate surface area is 151 Å². The second-order valence-corrected chi connectivity index (χ2v) is 7.28. The Kier molecular flexibility index (Phi) is 5.68. The molecule has 1 aliphatic heterocycles. The fourth-order valence-electron chi connectivity index (χ4n) is 3.12. The molecule has 1 aromatic rings. The molecule has 1 atom stereocenters. The molecule has 7 nitrogen and oxygen atoms in total. The lowest BCUT2D eigenvalue weighted by atomic mass is 9.84. The van der Waals surface area contributed by atoms with Gasteiger partial charge in [-0.2, -0.15) is 0 Å². The summed E-state index contributed by atoms with van der Waals surface area (Å²) in [4.78, 5) is 30.1. The van der Waals surface area contributed by atoms with Crippen LogP contribution in [-0.2, 0) is 0 Å². The van der Waals surface area contributed by atoms with Crippen LogP contribution in [0.25, 0.3) is 0 Å². The minimum Gasteiger partial charge on any atom is -0.465 e. The Morgan fingerprint density at radius 3 is 2.46 bits per heavy atom. The van der Waals surface area contributed by atoms with Crippen molar-refractivity contribution in [3.05, 3.63) is 23.5 Å². The fraction of sp³-hybridized carbons (Fsp3) is 0.588. The molecule has 1 aromatic heterocycles. The topological polar surface area (TPSA) is 85.8 Å². The van der Waals surface area contributed by atoms with Gasteiger partial charge in [-0.25, -0.2) is 18.6 Å². The number of carbonyl (C=O) groups is 2. The predicted octanol–water partition coefficient (Wildman–Crippen LogP) is 2.59. The largest absolute Gasteiger partial charge is 0.465 e. The summed E-state index contributed by atoms with van der Waals surface area (Å²) in [5.41, 5.74) is -0.685. The molecule has 1 unspecified atom stereocenters. The van der Waals surface area contributed by atoms with E-state index >= 15 is 0 Å². The van der Waals surface area contributed by atoms with Crippen molar-refractivity contribution in [2.75, 3.05) is 31.6 Å². The Morgan fingerprint density at radius 2 is 1.96 bits per heavy atom. The van der Waals surface area contributed by atoms with Crippen LogP contribution in [0.3, 0.4) is 0 Å². The molecule has 2 N–H and O–H groups in total. The highest BCUT2D eigenvalue weighted by Gasteiger charge is 2.39. The summed E-state index contributed by atoms with van der Waals surface area (Å²) in [6, 6.07) is 2.49. The van der Waals surface area contributed by atoms with Gasteiger partial charge >= 0.3 is 6.09 Å². The van der Waals surface area contributed by atoms with Crippen LogP contribution in [0.4, 0.5) is 19.3 Å². The monoisotopic (exact) mass is 370 g/mol. The third-order valence-corrected chi connectivity index (χ3v) is 4.54. The van der Waals surface area contributed by atoms with E-state index in [1.165, 1.54) is 24.1 Å². The maximum Gasteiger partial charge on any atom is 0.407 e. The molecule has 2 amide bonds. The molecule has 0 spiro atoms. The molecule has 1 fully saturated rings. The Morgan fingerprint density at radius 1 is 1.31 bits per heavy atom. The number of carboxylic acid groups (broad SMARTS) is 1. The van der Waals surface area contributed by atoms with Crippen molar-refractivity contribution >= 4 is 17.7 Å². The summed E-state index contributed by atoms with van der Waals surface area (Å²) in [5.74, 6) is -0.540. The minimum absolute atomic E-state index is 0.0805. The Balaban J connectivity index is 2.38. The Hall–Kier alpha value is -2.45. The minimum atomic E-state index is -2.85. The third kappa shape index (κ3) is 4.03. The SMILES string of the molecule is CNC(=O)c1ccc(N2CCN(C(=O)O)C(C(C)(C)C)C2)c(C(F)F)n1. The van der Waals surface area contributed by atoms with E-state index in [-0.39, 0.29) is 42.5 Å². The van der Waals surface area contributed by atoms with Crippen LogP contribution >= 0.6 is 0 Å². The van der Waals surface area contributed by atoms with Gasteiger partial charge in [-0.1, -0.05) is 20.8 Å². The van der Waals surface area contributed by atoms with E-state index in [2.05, 4.69) is 10.3 Å². The van der Waals surface area contributed by atoms with Gasteiger partial charge in [0.25, 0.3) is 12.3 Å². The van der Waals surface area contributed by atoms with Crippen LogP contribution in [0.5, 0.6) is 0 Å². The van der Waals surface area contributed by atoms with Crippen LogP contribution < -0.4 is 10.2 Å². The molecular formula is C17H24F2N4O3. The molecule has 2 rings (SSSR count). The van der Waals surface area contributed by atoms with Crippen molar-refractivity contribution in [3.8, 4) is 0 Å². The Bertz CT molecular complexity index is 691. The molecule has 0 aliphatic carbocycles. The van der Waals surface area contributed by atoms with Crippen LogP contribution in [0, 0.1) is 5.41 Å². The number of hydrogen-bond donors (Lipinski definition) is 2. The van der Waals surface area contributed by atoms with E-state index in [0.717, 1.165) is 0 Å². The lowest BCUT2D eigenvalue weighted by Gasteiger charge is -2.46. The molecule has 0 radical (unpaired) electrons. The molecule has 1 aliphatic rings. The van der Waals surface area contributed by atoms with E-state index in [0.29, 0.717) is 0 Å². The zero-order chi connectivity index (χ0) is 19.6. The number of halogens is 2. The van der Waals surface area contributed by atoms with E-state index in [1.54, 1.807) is 4.90 Å². The highest BCUT2D eigenvalue weighted by Crippen LogP contribution is 2.34. The number of carbonyl (C=O) groups excluding carboxylic acids is 1. The summed E-state index contributed by atoms with van der Waals surface area (Å²) >= 11 is 0. The van der Waals surface area contributed by atoms with Gasteiger partial charge in [0.05, 0.1) is 11.7 Å². The molecule has 144 valence electrons. The van der Waals surface area contributed by atoms with Gasteiger partial charge in [0, 0.05) is 26.7 Å². The molecule has 0 bridgehead atoms. The lowest BCUT2D eigenvalue weighted by molar-refractivity contribution is 0.0744. The summed E-state index contributed by atoms with van der Waals surface area (Å²) in [7, 11) is 1.40. The quantitative estimate of drug-likeness (QED) is 0.854. The van der Waals surface area contributed by atoms with Gasteiger partial charge in [0.15, 0.2) is 0 Å². The van der Waals surface area contributed by atoms with E-state index in [9.17, 15) is 23.5 Å². The van der Waals surface area contributed by atoms with Crippen molar-refractivity contribution < 1.29 is 23.5 Å². The summed E-state index contributed by atoms with van der Waals surface area (Å²) in [6.45, 7) is 6.50. The number of anilines is 1. The normalized spacial score (nSPS) is 18.2. The number of nitrogens with one attached hydrogen (secondary N) is 1.